The van der Waals surface area contributed by atoms with Gasteiger partial charge in [-0.15, -0.1) is 23.2 Å². The molecule has 0 unspecified atom stereocenters. The topological polar surface area (TPSA) is 162 Å². The van der Waals surface area contributed by atoms with Gasteiger partial charge in [-0.2, -0.15) is 0 Å². The van der Waals surface area contributed by atoms with Gasteiger partial charge >= 0.3 is 5.97 Å². The number of allylic oxidation sites excluding steroid dienone is 2. The van der Waals surface area contributed by atoms with E-state index < -0.39 is 121 Å². The number of phenols is 2. The van der Waals surface area contributed by atoms with E-state index in [1.807, 2.05) is 0 Å². The Bertz CT molecular complexity index is 2260. The average molecular weight is 802 g/mol. The third kappa shape index (κ3) is 4.67. The fraction of sp³-hybridized carbons (Fsp3) is 0.265. The van der Waals surface area contributed by atoms with E-state index >= 15 is 8.78 Å². The van der Waals surface area contributed by atoms with Crippen LogP contribution >= 0.6 is 34.8 Å². The zero-order valence-corrected chi connectivity index (χ0v) is 28.7. The molecule has 4 amide bonds. The summed E-state index contributed by atoms with van der Waals surface area (Å²) >= 11 is 20.5. The van der Waals surface area contributed by atoms with E-state index in [2.05, 4.69) is 0 Å². The molecule has 276 valence electrons. The van der Waals surface area contributed by atoms with Gasteiger partial charge in [-0.25, -0.2) is 36.5 Å². The molecule has 3 fully saturated rings. The number of halogens is 8. The Morgan fingerprint density at radius 2 is 1.49 bits per heavy atom. The summed E-state index contributed by atoms with van der Waals surface area (Å²) < 4.78 is 78.6. The van der Waals surface area contributed by atoms with E-state index in [4.69, 9.17) is 39.5 Å². The lowest BCUT2D eigenvalue weighted by Crippen LogP contribution is -2.60. The summed E-state index contributed by atoms with van der Waals surface area (Å²) in [6.07, 6.45) is 0.432. The second-order valence-corrected chi connectivity index (χ2v) is 14.4. The second-order valence-electron chi connectivity index (χ2n) is 12.8. The molecule has 3 aromatic rings. The number of benzene rings is 3. The minimum absolute atomic E-state index is 0.0915. The smallest absolute Gasteiger partial charge is 0.339 e. The first-order chi connectivity index (χ1) is 24.8. The van der Waals surface area contributed by atoms with Gasteiger partial charge in [0.05, 0.1) is 29.7 Å². The number of aromatic hydroxyl groups is 2. The van der Waals surface area contributed by atoms with Crippen molar-refractivity contribution >= 4 is 75.8 Å². The molecule has 3 aromatic carbocycles. The van der Waals surface area contributed by atoms with Crippen molar-refractivity contribution in [2.75, 3.05) is 16.9 Å². The molecule has 2 heterocycles. The highest BCUT2D eigenvalue weighted by Crippen LogP contribution is 2.66. The zero-order valence-electron chi connectivity index (χ0n) is 26.4. The van der Waals surface area contributed by atoms with Gasteiger partial charge in [0.1, 0.15) is 17.0 Å². The van der Waals surface area contributed by atoms with E-state index in [0.717, 1.165) is 37.4 Å². The standard InChI is InChI=1S/C34H20Cl3F5N2O9/c1-53-18-7-10(6-16(35)27(18)46)20-12-4-5-14-19(29(48)43(28(14)47)11-2-3-13(30(49)50)17(45)8-11)15(12)9-33(36)31(51)44(32(52)34(20,33)37)26-24(41)22(39)21(38)23(40)25(26)42/h2-4,6-8,14-15,19-20,45-46H,5,9H2,1H3,(H,49,50)/t14-,15+,19-,20-,33+,34-/m0/s1. The Morgan fingerprint density at radius 3 is 2.08 bits per heavy atom. The normalized spacial score (nSPS) is 27.8. The minimum atomic E-state index is -2.85. The molecule has 0 aromatic heterocycles. The van der Waals surface area contributed by atoms with Gasteiger partial charge in [-0.3, -0.25) is 19.2 Å². The highest BCUT2D eigenvalue weighted by molar-refractivity contribution is 6.58. The van der Waals surface area contributed by atoms with Gasteiger partial charge in [-0.1, -0.05) is 23.3 Å². The maximum atomic E-state index is 15.2. The molecular formula is C34H20Cl3F5N2O9. The summed E-state index contributed by atoms with van der Waals surface area (Å²) in [6, 6.07) is 5.19. The molecular weight excluding hydrogens is 782 g/mol. The molecule has 53 heavy (non-hydrogen) atoms. The van der Waals surface area contributed by atoms with Crippen molar-refractivity contribution in [1.82, 2.24) is 0 Å². The molecule has 2 aliphatic carbocycles. The maximum absolute atomic E-state index is 15.2. The summed E-state index contributed by atoms with van der Waals surface area (Å²) in [5.41, 5.74) is -2.71. The first-order valence-corrected chi connectivity index (χ1v) is 16.4. The number of amides is 4. The Morgan fingerprint density at radius 1 is 0.868 bits per heavy atom. The number of phenolic OH excluding ortho intramolecular Hbond substituents is 1. The van der Waals surface area contributed by atoms with Crippen LogP contribution in [0.5, 0.6) is 17.2 Å². The molecule has 0 bridgehead atoms. The number of aromatic carboxylic acids is 1. The first-order valence-electron chi connectivity index (χ1n) is 15.3. The molecule has 19 heteroatoms. The number of hydrogen-bond donors (Lipinski definition) is 3. The lowest BCUT2D eigenvalue weighted by atomic mass is 9.56. The minimum Gasteiger partial charge on any atom is -0.507 e. The van der Waals surface area contributed by atoms with Crippen LogP contribution in [0.15, 0.2) is 42.0 Å². The molecule has 11 nitrogen and oxygen atoms in total. The largest absolute Gasteiger partial charge is 0.507 e. The Balaban J connectivity index is 1.43. The summed E-state index contributed by atoms with van der Waals surface area (Å²) in [5, 5.41) is 29.7. The highest BCUT2D eigenvalue weighted by Gasteiger charge is 2.77. The van der Waals surface area contributed by atoms with Crippen molar-refractivity contribution in [3.63, 3.8) is 0 Å². The summed E-state index contributed by atoms with van der Waals surface area (Å²) in [5.74, 6) is -26.4. The summed E-state index contributed by atoms with van der Waals surface area (Å²) in [4.78, 5) is 62.9. The highest BCUT2D eigenvalue weighted by atomic mass is 35.5. The van der Waals surface area contributed by atoms with Crippen LogP contribution in [0.25, 0.3) is 0 Å². The monoisotopic (exact) mass is 800 g/mol. The average Bonchev–Trinajstić information content (AvgIpc) is 3.45. The second kappa shape index (κ2) is 12.0. The third-order valence-corrected chi connectivity index (χ3v) is 12.0. The van der Waals surface area contributed by atoms with Gasteiger partial charge in [0.2, 0.25) is 17.6 Å². The van der Waals surface area contributed by atoms with E-state index in [1.54, 1.807) is 0 Å². The lowest BCUT2D eigenvalue weighted by Gasteiger charge is -2.50. The van der Waals surface area contributed by atoms with Crippen LogP contribution in [0.3, 0.4) is 0 Å². The fourth-order valence-electron chi connectivity index (χ4n) is 7.95. The summed E-state index contributed by atoms with van der Waals surface area (Å²) in [7, 11) is 1.14. The predicted octanol–water partition coefficient (Wildman–Crippen LogP) is 5.92. The number of methoxy groups -OCH3 is 1. The molecule has 7 rings (SSSR count). The number of anilines is 2. The van der Waals surface area contributed by atoms with E-state index in [9.17, 15) is 52.5 Å². The van der Waals surface area contributed by atoms with Crippen molar-refractivity contribution in [2.24, 2.45) is 17.8 Å². The van der Waals surface area contributed by atoms with Gasteiger partial charge < -0.3 is 20.1 Å². The molecule has 6 atom stereocenters. The number of nitrogens with zero attached hydrogens (tertiary/aromatic N) is 2. The van der Waals surface area contributed by atoms with Crippen molar-refractivity contribution in [2.45, 2.75) is 28.5 Å². The molecule has 2 aliphatic heterocycles. The predicted molar refractivity (Wildman–Crippen MR) is 174 cm³/mol. The Labute approximate surface area is 308 Å². The third-order valence-electron chi connectivity index (χ3n) is 10.3. The number of ether oxygens (including phenoxy) is 1. The number of carbonyl (C=O) groups is 5. The van der Waals surface area contributed by atoms with Gasteiger partial charge in [0, 0.05) is 12.0 Å². The fourth-order valence-corrected chi connectivity index (χ4v) is 9.11. The van der Waals surface area contributed by atoms with Crippen LogP contribution < -0.4 is 14.5 Å². The molecule has 3 N–H and O–H groups in total. The number of carboxylic acid groups (broad SMARTS) is 1. The molecule has 0 spiro atoms. The van der Waals surface area contributed by atoms with Crippen LogP contribution in [-0.4, -0.2) is 61.8 Å². The van der Waals surface area contributed by atoms with Crippen LogP contribution in [0.2, 0.25) is 5.02 Å². The Hall–Kier alpha value is -4.93. The van der Waals surface area contributed by atoms with Crippen molar-refractivity contribution in [1.29, 1.82) is 0 Å². The van der Waals surface area contributed by atoms with E-state index in [0.29, 0.717) is 4.90 Å². The quantitative estimate of drug-likeness (QED) is 0.0711. The van der Waals surface area contributed by atoms with Gasteiger partial charge in [-0.05, 0) is 48.6 Å². The first kappa shape index (κ1) is 36.4. The number of carboxylic acids is 1. The van der Waals surface area contributed by atoms with Gasteiger partial charge in [0.15, 0.2) is 44.5 Å². The van der Waals surface area contributed by atoms with Crippen LogP contribution in [0.4, 0.5) is 33.3 Å². The lowest BCUT2D eigenvalue weighted by molar-refractivity contribution is -0.125. The number of carbonyl (C=O) groups excluding carboxylic acids is 4. The van der Waals surface area contributed by atoms with Crippen LogP contribution in [-0.2, 0) is 19.2 Å². The maximum Gasteiger partial charge on any atom is 0.339 e. The summed E-state index contributed by atoms with van der Waals surface area (Å²) in [6.45, 7) is 0. The Kier molecular flexibility index (Phi) is 8.28. The van der Waals surface area contributed by atoms with Crippen LogP contribution in [0, 0.1) is 46.8 Å². The number of imide groups is 2. The number of rotatable bonds is 5. The van der Waals surface area contributed by atoms with E-state index in [-0.39, 0.29) is 38.9 Å². The number of alkyl halides is 2. The molecule has 0 radical (unpaired) electrons. The van der Waals surface area contributed by atoms with Crippen molar-refractivity contribution in [3.8, 4) is 17.2 Å². The SMILES string of the molecule is COc1cc([C@H]2C3=CC[C@@H]4C(=O)N(c5ccc(C(=O)O)c(O)c5)C(=O)[C@@H]4[C@@H]3C[C@@]3(Cl)C(=O)N(c4c(F)c(F)c(F)c(F)c4F)C(=O)[C@@]23Cl)cc(Cl)c1O. The van der Waals surface area contributed by atoms with Gasteiger partial charge in [0.25, 0.3) is 11.8 Å². The number of hydrogen-bond acceptors (Lipinski definition) is 8. The molecule has 1 saturated carbocycles. The van der Waals surface area contributed by atoms with Crippen molar-refractivity contribution in [3.05, 3.63) is 87.2 Å². The van der Waals surface area contributed by atoms with Crippen molar-refractivity contribution < 1.29 is 66.0 Å². The molecule has 2 saturated heterocycles. The van der Waals surface area contributed by atoms with Crippen LogP contribution in [0.1, 0.15) is 34.7 Å². The zero-order chi connectivity index (χ0) is 38.8. The van der Waals surface area contributed by atoms with E-state index in [1.165, 1.54) is 6.08 Å². The molecule has 4 aliphatic rings. The number of fused-ring (bicyclic) bond motifs is 4.